The van der Waals surface area contributed by atoms with Gasteiger partial charge < -0.3 is 14.8 Å². The zero-order valence-corrected chi connectivity index (χ0v) is 19.8. The Morgan fingerprint density at radius 2 is 1.71 bits per heavy atom. The maximum absolute atomic E-state index is 12.8. The first-order valence-electron chi connectivity index (χ1n) is 11.1. The van der Waals surface area contributed by atoms with Gasteiger partial charge in [-0.2, -0.15) is 0 Å². The van der Waals surface area contributed by atoms with Gasteiger partial charge >= 0.3 is 11.1 Å². The predicted molar refractivity (Wildman–Crippen MR) is 132 cm³/mol. The molecule has 0 fully saturated rings. The number of rotatable bonds is 8. The van der Waals surface area contributed by atoms with Crippen molar-refractivity contribution >= 4 is 17.1 Å². The molecule has 0 atom stereocenters. The van der Waals surface area contributed by atoms with Gasteiger partial charge in [-0.3, -0.25) is 23.5 Å². The van der Waals surface area contributed by atoms with Gasteiger partial charge in [0.1, 0.15) is 11.5 Å². The monoisotopic (exact) mass is 474 g/mol. The van der Waals surface area contributed by atoms with Crippen molar-refractivity contribution in [1.29, 1.82) is 0 Å². The number of benzene rings is 2. The number of aryl methyl sites for hydroxylation is 1. The number of hydrogen-bond donors (Lipinski definition) is 1. The van der Waals surface area contributed by atoms with E-state index in [2.05, 4.69) is 10.3 Å². The molecule has 0 radical (unpaired) electrons. The maximum atomic E-state index is 12.8. The van der Waals surface area contributed by atoms with Crippen molar-refractivity contribution in [3.63, 3.8) is 0 Å². The van der Waals surface area contributed by atoms with Crippen molar-refractivity contribution in [3.05, 3.63) is 98.2 Å². The number of pyridine rings is 1. The van der Waals surface area contributed by atoms with Crippen LogP contribution in [0.1, 0.15) is 28.4 Å². The molecule has 180 valence electrons. The van der Waals surface area contributed by atoms with E-state index in [1.54, 1.807) is 75.9 Å². The molecule has 0 saturated heterocycles. The van der Waals surface area contributed by atoms with Crippen LogP contribution in [-0.2, 0) is 19.6 Å². The highest BCUT2D eigenvalue weighted by molar-refractivity contribution is 5.94. The molecule has 2 heterocycles. The van der Waals surface area contributed by atoms with Gasteiger partial charge in [-0.15, -0.1) is 0 Å². The van der Waals surface area contributed by atoms with Crippen LogP contribution in [0.5, 0.6) is 11.5 Å². The smallest absolute Gasteiger partial charge is 0.318 e. The number of aromatic nitrogens is 3. The highest BCUT2D eigenvalue weighted by Crippen LogP contribution is 2.23. The topological polar surface area (TPSA) is 104 Å². The highest BCUT2D eigenvalue weighted by Gasteiger charge is 2.14. The summed E-state index contributed by atoms with van der Waals surface area (Å²) in [7, 11) is 3.15. The van der Waals surface area contributed by atoms with Gasteiger partial charge in [0.05, 0.1) is 26.3 Å². The minimum atomic E-state index is -0.610. The zero-order chi connectivity index (χ0) is 24.9. The third-order valence-corrected chi connectivity index (χ3v) is 5.79. The molecule has 0 aliphatic heterocycles. The molecule has 4 aromatic rings. The van der Waals surface area contributed by atoms with Crippen molar-refractivity contribution in [2.24, 2.45) is 0 Å². The van der Waals surface area contributed by atoms with Crippen LogP contribution >= 0.6 is 0 Å². The lowest BCUT2D eigenvalue weighted by molar-refractivity contribution is 0.0950. The molecule has 0 aliphatic rings. The lowest BCUT2D eigenvalue weighted by Crippen LogP contribution is -2.41. The Balaban J connectivity index is 1.53. The van der Waals surface area contributed by atoms with Crippen LogP contribution in [0.15, 0.2) is 70.4 Å². The number of methoxy groups -OCH3 is 2. The molecular formula is C26H26N4O5. The summed E-state index contributed by atoms with van der Waals surface area (Å²) in [5.41, 5.74) is 1.85. The maximum Gasteiger partial charge on any atom is 0.318 e. The molecule has 0 unspecified atom stereocenters. The Morgan fingerprint density at radius 3 is 2.40 bits per heavy atom. The summed E-state index contributed by atoms with van der Waals surface area (Å²) in [6.45, 7) is 2.61. The zero-order valence-electron chi connectivity index (χ0n) is 19.8. The van der Waals surface area contributed by atoms with E-state index in [9.17, 15) is 14.4 Å². The van der Waals surface area contributed by atoms with Gasteiger partial charge in [0.2, 0.25) is 0 Å². The third-order valence-electron chi connectivity index (χ3n) is 5.79. The van der Waals surface area contributed by atoms with Crippen molar-refractivity contribution in [3.8, 4) is 11.5 Å². The Kier molecular flexibility index (Phi) is 6.96. The van der Waals surface area contributed by atoms with E-state index >= 15 is 0 Å². The lowest BCUT2D eigenvalue weighted by atomic mass is 10.1. The quantitative estimate of drug-likeness (QED) is 0.394. The summed E-state index contributed by atoms with van der Waals surface area (Å²) >= 11 is 0. The average Bonchev–Trinajstić information content (AvgIpc) is 2.90. The molecule has 35 heavy (non-hydrogen) atoms. The lowest BCUT2D eigenvalue weighted by Gasteiger charge is -2.13. The number of carbonyl (C=O) groups excluding carboxylic acids is 1. The molecule has 0 saturated carbocycles. The summed E-state index contributed by atoms with van der Waals surface area (Å²) in [5, 5.41) is 2.88. The molecule has 0 spiro atoms. The average molecular weight is 475 g/mol. The minimum Gasteiger partial charge on any atom is -0.497 e. The fourth-order valence-corrected chi connectivity index (χ4v) is 3.94. The van der Waals surface area contributed by atoms with Gasteiger partial charge in [-0.1, -0.05) is 12.1 Å². The number of amides is 1. The summed E-state index contributed by atoms with van der Waals surface area (Å²) in [6, 6.07) is 15.8. The van der Waals surface area contributed by atoms with E-state index in [1.165, 1.54) is 9.13 Å². The Morgan fingerprint density at radius 1 is 0.971 bits per heavy atom. The SMILES string of the molecule is CCn1c(=O)c(=O)n(Cc2ccc(C(=O)NCc3cc(OC)ccc3OC)cc2)c2cccnc21. The summed E-state index contributed by atoms with van der Waals surface area (Å²) in [6.07, 6.45) is 1.59. The van der Waals surface area contributed by atoms with Crippen LogP contribution in [-0.4, -0.2) is 34.2 Å². The fourth-order valence-electron chi connectivity index (χ4n) is 3.94. The Hall–Kier alpha value is -4.40. The number of hydrogen-bond acceptors (Lipinski definition) is 6. The molecular weight excluding hydrogens is 448 g/mol. The van der Waals surface area contributed by atoms with Crippen molar-refractivity contribution in [2.75, 3.05) is 14.2 Å². The van der Waals surface area contributed by atoms with E-state index < -0.39 is 11.1 Å². The highest BCUT2D eigenvalue weighted by atomic mass is 16.5. The molecule has 9 nitrogen and oxygen atoms in total. The molecule has 9 heteroatoms. The largest absolute Gasteiger partial charge is 0.497 e. The number of ether oxygens (including phenoxy) is 2. The third kappa shape index (κ3) is 4.79. The molecule has 2 aromatic carbocycles. The predicted octanol–water partition coefficient (Wildman–Crippen LogP) is 2.57. The summed E-state index contributed by atoms with van der Waals surface area (Å²) < 4.78 is 13.4. The molecule has 1 N–H and O–H groups in total. The molecule has 0 bridgehead atoms. The van der Waals surface area contributed by atoms with E-state index in [0.717, 1.165) is 11.1 Å². The van der Waals surface area contributed by atoms with E-state index in [4.69, 9.17) is 9.47 Å². The van der Waals surface area contributed by atoms with Crippen LogP contribution in [0.4, 0.5) is 0 Å². The van der Waals surface area contributed by atoms with E-state index in [-0.39, 0.29) is 19.0 Å². The number of nitrogens with zero attached hydrogens (tertiary/aromatic N) is 3. The van der Waals surface area contributed by atoms with Crippen LogP contribution < -0.4 is 25.9 Å². The normalized spacial score (nSPS) is 10.8. The first-order valence-corrected chi connectivity index (χ1v) is 11.1. The van der Waals surface area contributed by atoms with Gasteiger partial charge in [0, 0.05) is 30.4 Å². The molecule has 1 amide bonds. The Bertz CT molecular complexity index is 1490. The van der Waals surface area contributed by atoms with Gasteiger partial charge in [0.25, 0.3) is 5.91 Å². The molecule has 2 aromatic heterocycles. The number of fused-ring (bicyclic) bond motifs is 1. The van der Waals surface area contributed by atoms with Gasteiger partial charge in [-0.25, -0.2) is 4.98 Å². The second-order valence-corrected chi connectivity index (χ2v) is 7.84. The summed E-state index contributed by atoms with van der Waals surface area (Å²) in [4.78, 5) is 42.3. The van der Waals surface area contributed by atoms with E-state index in [0.29, 0.717) is 34.8 Å². The van der Waals surface area contributed by atoms with Gasteiger partial charge in [0.15, 0.2) is 5.65 Å². The van der Waals surface area contributed by atoms with Crippen molar-refractivity contribution in [1.82, 2.24) is 19.4 Å². The van der Waals surface area contributed by atoms with Crippen molar-refractivity contribution in [2.45, 2.75) is 26.6 Å². The minimum absolute atomic E-state index is 0.184. The summed E-state index contributed by atoms with van der Waals surface area (Å²) in [5.74, 6) is 1.07. The van der Waals surface area contributed by atoms with E-state index in [1.807, 2.05) is 6.07 Å². The first kappa shape index (κ1) is 23.7. The van der Waals surface area contributed by atoms with Crippen LogP contribution in [0.2, 0.25) is 0 Å². The molecule has 0 aliphatic carbocycles. The van der Waals surface area contributed by atoms with Crippen LogP contribution in [0.25, 0.3) is 11.2 Å². The van der Waals surface area contributed by atoms with Crippen LogP contribution in [0.3, 0.4) is 0 Å². The Labute approximate surface area is 201 Å². The van der Waals surface area contributed by atoms with Crippen molar-refractivity contribution < 1.29 is 14.3 Å². The first-order chi connectivity index (χ1) is 17.0. The van der Waals surface area contributed by atoms with Gasteiger partial charge in [-0.05, 0) is 55.0 Å². The number of nitrogens with one attached hydrogen (secondary N) is 1. The second-order valence-electron chi connectivity index (χ2n) is 7.84. The number of carbonyl (C=O) groups is 1. The van der Waals surface area contributed by atoms with Crippen LogP contribution in [0, 0.1) is 0 Å². The molecule has 4 rings (SSSR count). The fraction of sp³-hybridized carbons (Fsp3) is 0.231. The second kappa shape index (κ2) is 10.3. The standard InChI is InChI=1S/C26H26N4O5/c1-4-29-23-21(6-5-13-27-23)30(26(33)25(29)32)16-17-7-9-18(10-8-17)24(31)28-15-19-14-20(34-2)11-12-22(19)35-3/h5-14H,4,15-16H2,1-3H3,(H,28,31).